The van der Waals surface area contributed by atoms with Gasteiger partial charge in [-0.2, -0.15) is 0 Å². The van der Waals surface area contributed by atoms with Crippen molar-refractivity contribution < 1.29 is 9.50 Å². The van der Waals surface area contributed by atoms with Gasteiger partial charge in [0.2, 0.25) is 0 Å². The molecule has 3 atom stereocenters. The van der Waals surface area contributed by atoms with Crippen LogP contribution in [0.3, 0.4) is 0 Å². The highest BCUT2D eigenvalue weighted by Crippen LogP contribution is 2.62. The summed E-state index contributed by atoms with van der Waals surface area (Å²) in [7, 11) is 0. The van der Waals surface area contributed by atoms with E-state index in [1.807, 2.05) is 0 Å². The average molecular weight is 172 g/mol. The summed E-state index contributed by atoms with van der Waals surface area (Å²) in [6.07, 6.45) is 2.71. The van der Waals surface area contributed by atoms with Crippen LogP contribution in [0.25, 0.3) is 0 Å². The Balaban J connectivity index is 2.21. The van der Waals surface area contributed by atoms with Crippen molar-refractivity contribution in [1.82, 2.24) is 0 Å². The van der Waals surface area contributed by atoms with Crippen molar-refractivity contribution in [3.63, 3.8) is 0 Å². The molecule has 0 aliphatic heterocycles. The summed E-state index contributed by atoms with van der Waals surface area (Å²) in [6.45, 7) is 3.76. The Hall–Kier alpha value is -0.110. The summed E-state index contributed by atoms with van der Waals surface area (Å²) >= 11 is 0. The highest BCUT2D eigenvalue weighted by atomic mass is 19.1. The lowest BCUT2D eigenvalue weighted by Gasteiger charge is -2.62. The molecule has 12 heavy (non-hydrogen) atoms. The van der Waals surface area contributed by atoms with E-state index in [9.17, 15) is 9.50 Å². The molecule has 0 saturated heterocycles. The van der Waals surface area contributed by atoms with Gasteiger partial charge in [0.15, 0.2) is 0 Å². The van der Waals surface area contributed by atoms with Gasteiger partial charge in [-0.1, -0.05) is 13.8 Å². The van der Waals surface area contributed by atoms with Gasteiger partial charge in [-0.25, -0.2) is 4.39 Å². The maximum absolute atomic E-state index is 12.6. The molecule has 2 bridgehead atoms. The van der Waals surface area contributed by atoms with Gasteiger partial charge in [0.1, 0.15) is 6.67 Å². The van der Waals surface area contributed by atoms with Gasteiger partial charge in [0.05, 0.1) is 5.60 Å². The largest absolute Gasteiger partial charge is 0.387 e. The van der Waals surface area contributed by atoms with Crippen LogP contribution in [0.2, 0.25) is 0 Å². The lowest BCUT2D eigenvalue weighted by molar-refractivity contribution is -0.207. The standard InChI is InChI=1S/C10H17FO/c1-9(2)7-3-4-10(12,6-11)8(9)5-7/h7-8,12H,3-6H2,1-2H3. The molecule has 70 valence electrons. The minimum Gasteiger partial charge on any atom is -0.387 e. The minimum atomic E-state index is -0.988. The molecule has 3 aliphatic carbocycles. The molecule has 1 nitrogen and oxygen atoms in total. The zero-order chi connectivity index (χ0) is 8.98. The fourth-order valence-corrected chi connectivity index (χ4v) is 3.18. The molecule has 0 radical (unpaired) electrons. The van der Waals surface area contributed by atoms with E-state index in [2.05, 4.69) is 13.8 Å². The molecular weight excluding hydrogens is 155 g/mol. The first-order valence-corrected chi connectivity index (χ1v) is 4.79. The molecule has 0 aromatic heterocycles. The van der Waals surface area contributed by atoms with E-state index in [0.29, 0.717) is 6.42 Å². The summed E-state index contributed by atoms with van der Waals surface area (Å²) in [5.41, 5.74) is -0.808. The van der Waals surface area contributed by atoms with Crippen LogP contribution in [0, 0.1) is 17.3 Å². The van der Waals surface area contributed by atoms with Crippen LogP contribution in [0.15, 0.2) is 0 Å². The molecule has 0 aromatic rings. The topological polar surface area (TPSA) is 20.2 Å². The predicted octanol–water partition coefficient (Wildman–Crippen LogP) is 2.14. The van der Waals surface area contributed by atoms with E-state index >= 15 is 0 Å². The Labute approximate surface area is 73.0 Å². The number of hydrogen-bond donors (Lipinski definition) is 1. The van der Waals surface area contributed by atoms with E-state index in [4.69, 9.17) is 0 Å². The molecule has 0 spiro atoms. The number of rotatable bonds is 1. The van der Waals surface area contributed by atoms with Gasteiger partial charge in [-0.3, -0.25) is 0 Å². The lowest BCUT2D eigenvalue weighted by atomic mass is 9.44. The van der Waals surface area contributed by atoms with Crippen LogP contribution in [-0.4, -0.2) is 17.4 Å². The van der Waals surface area contributed by atoms with Crippen LogP contribution in [0.4, 0.5) is 4.39 Å². The molecule has 3 fully saturated rings. The van der Waals surface area contributed by atoms with Crippen molar-refractivity contribution in [3.8, 4) is 0 Å². The van der Waals surface area contributed by atoms with Crippen LogP contribution in [0.5, 0.6) is 0 Å². The number of aliphatic hydroxyl groups is 1. The van der Waals surface area contributed by atoms with Crippen molar-refractivity contribution in [1.29, 1.82) is 0 Å². The molecular formula is C10H17FO. The van der Waals surface area contributed by atoms with Gasteiger partial charge in [0.25, 0.3) is 0 Å². The van der Waals surface area contributed by atoms with E-state index in [0.717, 1.165) is 18.8 Å². The Morgan fingerprint density at radius 3 is 2.50 bits per heavy atom. The quantitative estimate of drug-likeness (QED) is 0.642. The Bertz CT molecular complexity index is 200. The van der Waals surface area contributed by atoms with Crippen LogP contribution in [-0.2, 0) is 0 Å². The molecule has 3 unspecified atom stereocenters. The van der Waals surface area contributed by atoms with Crippen molar-refractivity contribution in [2.45, 2.75) is 38.7 Å². The first-order valence-electron chi connectivity index (χ1n) is 4.79. The number of fused-ring (bicyclic) bond motifs is 2. The highest BCUT2D eigenvalue weighted by molar-refractivity contribution is 5.10. The van der Waals surface area contributed by atoms with Crippen molar-refractivity contribution >= 4 is 0 Å². The number of alkyl halides is 1. The van der Waals surface area contributed by atoms with Gasteiger partial charge < -0.3 is 5.11 Å². The second-order valence-electron chi connectivity index (χ2n) is 5.08. The predicted molar refractivity (Wildman–Crippen MR) is 45.5 cm³/mol. The van der Waals surface area contributed by atoms with Gasteiger partial charge >= 0.3 is 0 Å². The van der Waals surface area contributed by atoms with E-state index < -0.39 is 12.3 Å². The third-order valence-corrected chi connectivity index (χ3v) is 4.28. The van der Waals surface area contributed by atoms with Gasteiger partial charge in [-0.05, 0) is 36.5 Å². The van der Waals surface area contributed by atoms with Crippen LogP contribution >= 0.6 is 0 Å². The van der Waals surface area contributed by atoms with Crippen molar-refractivity contribution in [2.24, 2.45) is 17.3 Å². The molecule has 2 heteroatoms. The average Bonchev–Trinajstić information content (AvgIpc) is 2.04. The summed E-state index contributed by atoms with van der Waals surface area (Å²) in [5, 5.41) is 9.95. The van der Waals surface area contributed by atoms with E-state index in [-0.39, 0.29) is 11.3 Å². The first-order chi connectivity index (χ1) is 5.50. The van der Waals surface area contributed by atoms with E-state index in [1.165, 1.54) is 0 Å². The minimum absolute atomic E-state index is 0.180. The molecule has 0 heterocycles. The summed E-state index contributed by atoms with van der Waals surface area (Å²) in [4.78, 5) is 0. The highest BCUT2D eigenvalue weighted by Gasteiger charge is 2.60. The SMILES string of the molecule is CC1(C)C2CCC(O)(CF)C1C2. The molecule has 1 N–H and O–H groups in total. The first kappa shape index (κ1) is 8.49. The molecule has 3 aliphatic rings. The molecule has 3 saturated carbocycles. The Morgan fingerprint density at radius 1 is 1.50 bits per heavy atom. The Morgan fingerprint density at radius 2 is 2.17 bits per heavy atom. The Kier molecular flexibility index (Phi) is 1.57. The maximum atomic E-state index is 12.6. The molecule has 0 amide bonds. The fourth-order valence-electron chi connectivity index (χ4n) is 3.18. The summed E-state index contributed by atoms with van der Waals surface area (Å²) in [5.74, 6) is 0.933. The second kappa shape index (κ2) is 2.22. The van der Waals surface area contributed by atoms with Gasteiger partial charge in [-0.15, -0.1) is 0 Å². The normalized spacial score (nSPS) is 50.0. The molecule has 0 aromatic carbocycles. The second-order valence-corrected chi connectivity index (χ2v) is 5.08. The van der Waals surface area contributed by atoms with Crippen molar-refractivity contribution in [2.75, 3.05) is 6.67 Å². The number of hydrogen-bond acceptors (Lipinski definition) is 1. The zero-order valence-corrected chi connectivity index (χ0v) is 7.81. The van der Waals surface area contributed by atoms with E-state index in [1.54, 1.807) is 0 Å². The number of halogens is 1. The molecule has 3 rings (SSSR count). The van der Waals surface area contributed by atoms with Gasteiger partial charge in [0, 0.05) is 0 Å². The zero-order valence-electron chi connectivity index (χ0n) is 7.81. The summed E-state index contributed by atoms with van der Waals surface area (Å²) in [6, 6.07) is 0. The summed E-state index contributed by atoms with van der Waals surface area (Å²) < 4.78 is 12.6. The van der Waals surface area contributed by atoms with Crippen LogP contribution in [0.1, 0.15) is 33.1 Å². The third kappa shape index (κ3) is 0.819. The third-order valence-electron chi connectivity index (χ3n) is 4.28. The smallest absolute Gasteiger partial charge is 0.118 e. The lowest BCUT2D eigenvalue weighted by Crippen LogP contribution is -2.62. The fraction of sp³-hybridized carbons (Fsp3) is 1.00. The van der Waals surface area contributed by atoms with Crippen molar-refractivity contribution in [3.05, 3.63) is 0 Å². The van der Waals surface area contributed by atoms with Crippen LogP contribution < -0.4 is 0 Å². The maximum Gasteiger partial charge on any atom is 0.118 e. The monoisotopic (exact) mass is 172 g/mol.